The molecule has 2 saturated heterocycles. The maximum Gasteiger partial charge on any atom is 0.251 e. The molecule has 1 atom stereocenters. The third-order valence-electron chi connectivity index (χ3n) is 7.71. The van der Waals surface area contributed by atoms with Gasteiger partial charge in [-0.2, -0.15) is 0 Å². The molecule has 2 aliphatic heterocycles. The van der Waals surface area contributed by atoms with E-state index in [0.717, 1.165) is 30.4 Å². The number of hydrogen-bond acceptors (Lipinski definition) is 4. The first-order valence-corrected chi connectivity index (χ1v) is 12.6. The zero-order valence-corrected chi connectivity index (χ0v) is 20.1. The van der Waals surface area contributed by atoms with Crippen LogP contribution in [0.4, 0.5) is 5.69 Å². The molecule has 3 aromatic rings. The lowest BCUT2D eigenvalue weighted by molar-refractivity contribution is -0.123. The Labute approximate surface area is 207 Å². The van der Waals surface area contributed by atoms with E-state index in [1.807, 2.05) is 84.9 Å². The van der Waals surface area contributed by atoms with E-state index in [0.29, 0.717) is 18.8 Å². The van der Waals surface area contributed by atoms with Crippen molar-refractivity contribution in [1.82, 2.24) is 4.90 Å². The van der Waals surface area contributed by atoms with E-state index < -0.39 is 11.6 Å². The summed E-state index contributed by atoms with van der Waals surface area (Å²) in [6, 6.07) is 27.0. The van der Waals surface area contributed by atoms with Crippen LogP contribution in [0, 0.1) is 5.92 Å². The number of anilines is 1. The van der Waals surface area contributed by atoms with Crippen molar-refractivity contribution in [3.05, 3.63) is 102 Å². The van der Waals surface area contributed by atoms with Crippen molar-refractivity contribution < 1.29 is 14.7 Å². The van der Waals surface area contributed by atoms with Crippen molar-refractivity contribution >= 4 is 17.5 Å². The molecule has 0 unspecified atom stereocenters. The average Bonchev–Trinajstić information content (AvgIpc) is 3.22. The Balaban J connectivity index is 1.33. The van der Waals surface area contributed by atoms with Crippen molar-refractivity contribution in [2.75, 3.05) is 18.0 Å². The smallest absolute Gasteiger partial charge is 0.251 e. The molecule has 2 aliphatic rings. The lowest BCUT2D eigenvalue weighted by Crippen LogP contribution is -2.49. The molecule has 3 aromatic carbocycles. The second kappa shape index (κ2) is 9.76. The van der Waals surface area contributed by atoms with E-state index in [1.165, 1.54) is 10.5 Å². The Hall–Kier alpha value is -3.28. The quantitative estimate of drug-likeness (QED) is 0.540. The van der Waals surface area contributed by atoms with E-state index in [-0.39, 0.29) is 24.2 Å². The molecule has 0 radical (unpaired) electrons. The van der Waals surface area contributed by atoms with Crippen molar-refractivity contribution in [2.45, 2.75) is 44.2 Å². The lowest BCUT2D eigenvalue weighted by Gasteiger charge is -2.43. The third-order valence-corrected chi connectivity index (χ3v) is 7.71. The summed E-state index contributed by atoms with van der Waals surface area (Å²) < 4.78 is 0. The van der Waals surface area contributed by atoms with Crippen LogP contribution in [0.2, 0.25) is 0 Å². The molecule has 2 amide bonds. The minimum absolute atomic E-state index is 0.00782. The second-order valence-corrected chi connectivity index (χ2v) is 9.62. The SMILES string of the molecule is CCc1ccc(N2C(=O)C[C@H](N3CCC(C(O)(c4ccccc4)c4ccccc4)CC3)C2=O)cc1. The summed E-state index contributed by atoms with van der Waals surface area (Å²) in [5.74, 6) is -0.274. The number of aryl methyl sites for hydroxylation is 1. The fraction of sp³-hybridized carbons (Fsp3) is 0.333. The number of amides is 2. The zero-order chi connectivity index (χ0) is 24.4. The second-order valence-electron chi connectivity index (χ2n) is 9.62. The lowest BCUT2D eigenvalue weighted by atomic mass is 9.72. The summed E-state index contributed by atoms with van der Waals surface area (Å²) in [5.41, 5.74) is 2.50. The van der Waals surface area contributed by atoms with Crippen LogP contribution >= 0.6 is 0 Å². The predicted octanol–water partition coefficient (Wildman–Crippen LogP) is 4.53. The van der Waals surface area contributed by atoms with Gasteiger partial charge in [0.2, 0.25) is 5.91 Å². The third kappa shape index (κ3) is 4.30. The van der Waals surface area contributed by atoms with Gasteiger partial charge >= 0.3 is 0 Å². The fourth-order valence-electron chi connectivity index (χ4n) is 5.70. The first-order chi connectivity index (χ1) is 17.0. The van der Waals surface area contributed by atoms with Crippen LogP contribution in [0.3, 0.4) is 0 Å². The Morgan fingerprint density at radius 1 is 0.829 bits per heavy atom. The van der Waals surface area contributed by atoms with Gasteiger partial charge in [-0.25, -0.2) is 4.90 Å². The number of hydrogen-bond donors (Lipinski definition) is 1. The summed E-state index contributed by atoms with van der Waals surface area (Å²) in [4.78, 5) is 29.6. The van der Waals surface area contributed by atoms with Crippen LogP contribution in [0.25, 0.3) is 0 Å². The predicted molar refractivity (Wildman–Crippen MR) is 137 cm³/mol. The highest BCUT2D eigenvalue weighted by Crippen LogP contribution is 2.42. The molecule has 2 fully saturated rings. The largest absolute Gasteiger partial charge is 0.380 e. The van der Waals surface area contributed by atoms with Crippen LogP contribution in [0.1, 0.15) is 42.9 Å². The molecule has 0 saturated carbocycles. The van der Waals surface area contributed by atoms with Gasteiger partial charge in [0.05, 0.1) is 18.2 Å². The molecule has 0 aliphatic carbocycles. The van der Waals surface area contributed by atoms with Gasteiger partial charge in [-0.05, 0) is 67.1 Å². The number of rotatable bonds is 6. The number of carbonyl (C=O) groups excluding carboxylic acids is 2. The Morgan fingerprint density at radius 3 is 1.89 bits per heavy atom. The van der Waals surface area contributed by atoms with Crippen molar-refractivity contribution in [3.63, 3.8) is 0 Å². The van der Waals surface area contributed by atoms with Crippen molar-refractivity contribution in [1.29, 1.82) is 0 Å². The Bertz CT molecular complexity index is 1130. The van der Waals surface area contributed by atoms with Crippen molar-refractivity contribution in [3.8, 4) is 0 Å². The molecule has 5 nitrogen and oxygen atoms in total. The van der Waals surface area contributed by atoms with Gasteiger partial charge in [0.25, 0.3) is 5.91 Å². The molecule has 5 heteroatoms. The molecule has 35 heavy (non-hydrogen) atoms. The van der Waals surface area contributed by atoms with Crippen LogP contribution in [0.5, 0.6) is 0 Å². The monoisotopic (exact) mass is 468 g/mol. The standard InChI is InChI=1S/C30H32N2O3/c1-2-22-13-15-26(16-14-22)32-28(33)21-27(29(32)34)31-19-17-25(18-20-31)30(35,23-9-5-3-6-10-23)24-11-7-4-8-12-24/h3-16,25,27,35H,2,17-21H2,1H3/t27-/m0/s1. The van der Waals surface area contributed by atoms with Crippen LogP contribution in [-0.4, -0.2) is 41.0 Å². The molecule has 5 rings (SSSR count). The minimum atomic E-state index is -1.10. The Morgan fingerprint density at radius 2 is 1.37 bits per heavy atom. The van der Waals surface area contributed by atoms with E-state index in [1.54, 1.807) is 0 Å². The van der Waals surface area contributed by atoms with Gasteiger partial charge in [0, 0.05) is 0 Å². The zero-order valence-electron chi connectivity index (χ0n) is 20.1. The van der Waals surface area contributed by atoms with Gasteiger partial charge in [0.1, 0.15) is 5.60 Å². The summed E-state index contributed by atoms with van der Waals surface area (Å²) in [6.07, 6.45) is 2.60. The number of aliphatic hydroxyl groups is 1. The number of likely N-dealkylation sites (tertiary alicyclic amines) is 1. The molecule has 1 N–H and O–H groups in total. The van der Waals surface area contributed by atoms with E-state index in [2.05, 4.69) is 11.8 Å². The molecular formula is C30H32N2O3. The topological polar surface area (TPSA) is 60.9 Å². The maximum atomic E-state index is 13.3. The van der Waals surface area contributed by atoms with Crippen LogP contribution < -0.4 is 4.90 Å². The number of carbonyl (C=O) groups is 2. The number of nitrogens with zero attached hydrogens (tertiary/aromatic N) is 2. The first-order valence-electron chi connectivity index (χ1n) is 12.6. The summed E-state index contributed by atoms with van der Waals surface area (Å²) in [5, 5.41) is 12.1. The maximum absolute atomic E-state index is 13.3. The van der Waals surface area contributed by atoms with Crippen LogP contribution in [-0.2, 0) is 21.6 Å². The number of piperidine rings is 1. The Kier molecular flexibility index (Phi) is 6.54. The molecule has 180 valence electrons. The van der Waals surface area contributed by atoms with Gasteiger partial charge in [-0.3, -0.25) is 14.5 Å². The molecule has 2 heterocycles. The highest BCUT2D eigenvalue weighted by molar-refractivity contribution is 6.22. The highest BCUT2D eigenvalue weighted by Gasteiger charge is 2.46. The van der Waals surface area contributed by atoms with Crippen molar-refractivity contribution in [2.24, 2.45) is 5.92 Å². The van der Waals surface area contributed by atoms with E-state index >= 15 is 0 Å². The summed E-state index contributed by atoms with van der Waals surface area (Å²) >= 11 is 0. The molecule has 0 bridgehead atoms. The summed E-state index contributed by atoms with van der Waals surface area (Å²) in [7, 11) is 0. The highest BCUT2D eigenvalue weighted by atomic mass is 16.3. The minimum Gasteiger partial charge on any atom is -0.380 e. The van der Waals surface area contributed by atoms with Gasteiger partial charge in [0.15, 0.2) is 0 Å². The van der Waals surface area contributed by atoms with Crippen LogP contribution in [0.15, 0.2) is 84.9 Å². The molecular weight excluding hydrogens is 436 g/mol. The molecule has 0 aromatic heterocycles. The van der Waals surface area contributed by atoms with Gasteiger partial charge in [-0.1, -0.05) is 79.7 Å². The number of imide groups is 1. The normalized spacial score (nSPS) is 19.9. The molecule has 0 spiro atoms. The summed E-state index contributed by atoms with van der Waals surface area (Å²) in [6.45, 7) is 3.41. The fourth-order valence-corrected chi connectivity index (χ4v) is 5.70. The number of benzene rings is 3. The first kappa shape index (κ1) is 23.5. The van der Waals surface area contributed by atoms with Gasteiger partial charge in [-0.15, -0.1) is 0 Å². The van der Waals surface area contributed by atoms with E-state index in [4.69, 9.17) is 0 Å². The van der Waals surface area contributed by atoms with E-state index in [9.17, 15) is 14.7 Å². The average molecular weight is 469 g/mol. The van der Waals surface area contributed by atoms with Gasteiger partial charge < -0.3 is 5.11 Å².